The van der Waals surface area contributed by atoms with Crippen molar-refractivity contribution in [2.45, 2.75) is 47.2 Å². The molecule has 2 aromatic heterocycles. The molecule has 0 saturated carbocycles. The lowest BCUT2D eigenvalue weighted by Gasteiger charge is -2.13. The molecule has 1 aromatic carbocycles. The molecule has 142 valence electrons. The average Bonchev–Trinajstić information content (AvgIpc) is 3.23. The Hall–Kier alpha value is -2.89. The van der Waals surface area contributed by atoms with Gasteiger partial charge in [-0.2, -0.15) is 10.2 Å². The maximum Gasteiger partial charge on any atom is 0.249 e. The number of nitrogens with zero attached hydrogens (tertiary/aromatic N) is 4. The normalized spacial score (nSPS) is 12.4. The highest BCUT2D eigenvalue weighted by Gasteiger charge is 2.20. The van der Waals surface area contributed by atoms with Crippen molar-refractivity contribution in [1.82, 2.24) is 19.6 Å². The minimum Gasteiger partial charge on any atom is -0.321 e. The van der Waals surface area contributed by atoms with Gasteiger partial charge in [0, 0.05) is 18.3 Å². The van der Waals surface area contributed by atoms with E-state index in [1.807, 2.05) is 62.0 Å². The van der Waals surface area contributed by atoms with Crippen LogP contribution in [-0.2, 0) is 11.3 Å². The highest BCUT2D eigenvalue weighted by atomic mass is 16.2. The van der Waals surface area contributed by atoms with Gasteiger partial charge >= 0.3 is 0 Å². The second kappa shape index (κ2) is 7.78. The number of hydrogen-bond donors (Lipinski definition) is 1. The van der Waals surface area contributed by atoms with Gasteiger partial charge in [0.15, 0.2) is 0 Å². The van der Waals surface area contributed by atoms with E-state index < -0.39 is 6.04 Å². The third kappa shape index (κ3) is 4.10. The van der Waals surface area contributed by atoms with E-state index in [0.717, 1.165) is 34.7 Å². The number of amides is 1. The molecular formula is C21H27N5O. The fraction of sp³-hybridized carbons (Fsp3) is 0.381. The standard InChI is InChI=1S/C21H27N5O/c1-14(2)12-26-16(4)20(15(3)24-26)23-21(27)17(5)25-13-19(11-22-25)18-9-7-6-8-10-18/h6-11,13-14,17H,12H2,1-5H3,(H,23,27)/t17-/m1/s1. The third-order valence-electron chi connectivity index (χ3n) is 4.65. The summed E-state index contributed by atoms with van der Waals surface area (Å²) in [5.41, 5.74) is 4.68. The molecule has 0 bridgehead atoms. The Morgan fingerprint density at radius 1 is 1.11 bits per heavy atom. The summed E-state index contributed by atoms with van der Waals surface area (Å²) in [5, 5.41) is 12.0. The van der Waals surface area contributed by atoms with Crippen molar-refractivity contribution < 1.29 is 4.79 Å². The lowest BCUT2D eigenvalue weighted by molar-refractivity contribution is -0.119. The maximum atomic E-state index is 12.8. The van der Waals surface area contributed by atoms with E-state index in [-0.39, 0.29) is 5.91 Å². The predicted molar refractivity (Wildman–Crippen MR) is 108 cm³/mol. The van der Waals surface area contributed by atoms with E-state index >= 15 is 0 Å². The summed E-state index contributed by atoms with van der Waals surface area (Å²) in [6, 6.07) is 9.60. The van der Waals surface area contributed by atoms with Crippen LogP contribution in [0.15, 0.2) is 42.7 Å². The Labute approximate surface area is 160 Å². The molecule has 0 radical (unpaired) electrons. The number of aromatic nitrogens is 4. The first-order valence-electron chi connectivity index (χ1n) is 9.31. The van der Waals surface area contributed by atoms with Gasteiger partial charge in [-0.15, -0.1) is 0 Å². The van der Waals surface area contributed by atoms with Crippen LogP contribution in [0.5, 0.6) is 0 Å². The third-order valence-corrected chi connectivity index (χ3v) is 4.65. The van der Waals surface area contributed by atoms with Gasteiger partial charge in [0.05, 0.1) is 23.3 Å². The summed E-state index contributed by atoms with van der Waals surface area (Å²) in [5.74, 6) is 0.388. The molecule has 0 spiro atoms. The lowest BCUT2D eigenvalue weighted by Crippen LogP contribution is -2.24. The van der Waals surface area contributed by atoms with Crippen molar-refractivity contribution in [3.63, 3.8) is 0 Å². The molecule has 0 aliphatic carbocycles. The first-order valence-corrected chi connectivity index (χ1v) is 9.31. The van der Waals surface area contributed by atoms with E-state index in [4.69, 9.17) is 0 Å². The number of hydrogen-bond acceptors (Lipinski definition) is 3. The first kappa shape index (κ1) is 18.9. The van der Waals surface area contributed by atoms with Gasteiger partial charge < -0.3 is 5.32 Å². The monoisotopic (exact) mass is 365 g/mol. The van der Waals surface area contributed by atoms with Crippen molar-refractivity contribution in [1.29, 1.82) is 0 Å². The zero-order chi connectivity index (χ0) is 19.6. The molecule has 1 N–H and O–H groups in total. The predicted octanol–water partition coefficient (Wildman–Crippen LogP) is 4.22. The largest absolute Gasteiger partial charge is 0.321 e. The van der Waals surface area contributed by atoms with Crippen molar-refractivity contribution in [3.8, 4) is 11.1 Å². The number of carbonyl (C=O) groups excluding carboxylic acids is 1. The summed E-state index contributed by atoms with van der Waals surface area (Å²) in [4.78, 5) is 12.8. The van der Waals surface area contributed by atoms with Crippen LogP contribution < -0.4 is 5.32 Å². The Balaban J connectivity index is 1.75. The van der Waals surface area contributed by atoms with Crippen LogP contribution in [0.3, 0.4) is 0 Å². The number of nitrogens with one attached hydrogen (secondary N) is 1. The smallest absolute Gasteiger partial charge is 0.249 e. The molecule has 1 amide bonds. The van der Waals surface area contributed by atoms with Crippen LogP contribution in [0.2, 0.25) is 0 Å². The molecular weight excluding hydrogens is 338 g/mol. The summed E-state index contributed by atoms with van der Waals surface area (Å²) in [7, 11) is 0. The van der Waals surface area contributed by atoms with Crippen LogP contribution in [-0.4, -0.2) is 25.5 Å². The molecule has 27 heavy (non-hydrogen) atoms. The fourth-order valence-corrected chi connectivity index (χ4v) is 3.08. The minimum absolute atomic E-state index is 0.104. The van der Waals surface area contributed by atoms with Gasteiger partial charge in [-0.3, -0.25) is 14.2 Å². The molecule has 6 nitrogen and oxygen atoms in total. The lowest BCUT2D eigenvalue weighted by atomic mass is 10.1. The van der Waals surface area contributed by atoms with Gasteiger partial charge in [-0.1, -0.05) is 44.2 Å². The maximum absolute atomic E-state index is 12.8. The zero-order valence-electron chi connectivity index (χ0n) is 16.6. The van der Waals surface area contributed by atoms with Crippen molar-refractivity contribution in [2.75, 3.05) is 5.32 Å². The van der Waals surface area contributed by atoms with Crippen molar-refractivity contribution >= 4 is 11.6 Å². The number of anilines is 1. The van der Waals surface area contributed by atoms with Gasteiger partial charge in [-0.05, 0) is 32.3 Å². The molecule has 0 aliphatic heterocycles. The number of carbonyl (C=O) groups is 1. The molecule has 0 saturated heterocycles. The van der Waals surface area contributed by atoms with E-state index in [1.54, 1.807) is 10.9 Å². The second-order valence-electron chi connectivity index (χ2n) is 7.36. The minimum atomic E-state index is -0.422. The topological polar surface area (TPSA) is 64.7 Å². The fourth-order valence-electron chi connectivity index (χ4n) is 3.08. The van der Waals surface area contributed by atoms with E-state index in [1.165, 1.54) is 0 Å². The average molecular weight is 365 g/mol. The van der Waals surface area contributed by atoms with Crippen LogP contribution in [0.1, 0.15) is 38.2 Å². The Bertz CT molecular complexity index is 923. The van der Waals surface area contributed by atoms with Gasteiger partial charge in [0.1, 0.15) is 6.04 Å². The molecule has 0 unspecified atom stereocenters. The first-order chi connectivity index (χ1) is 12.9. The summed E-state index contributed by atoms with van der Waals surface area (Å²) in [6.07, 6.45) is 3.69. The van der Waals surface area contributed by atoms with E-state index in [9.17, 15) is 4.79 Å². The number of aryl methyl sites for hydroxylation is 1. The van der Waals surface area contributed by atoms with Crippen LogP contribution >= 0.6 is 0 Å². The molecule has 3 aromatic rings. The summed E-state index contributed by atoms with van der Waals surface area (Å²) >= 11 is 0. The number of rotatable bonds is 6. The van der Waals surface area contributed by atoms with Gasteiger partial charge in [0.25, 0.3) is 0 Å². The van der Waals surface area contributed by atoms with Crippen molar-refractivity contribution in [2.24, 2.45) is 5.92 Å². The molecule has 0 fully saturated rings. The second-order valence-corrected chi connectivity index (χ2v) is 7.36. The van der Waals surface area contributed by atoms with Gasteiger partial charge in [0.2, 0.25) is 5.91 Å². The van der Waals surface area contributed by atoms with Crippen LogP contribution in [0.4, 0.5) is 5.69 Å². The van der Waals surface area contributed by atoms with Crippen LogP contribution in [0.25, 0.3) is 11.1 Å². The Kier molecular flexibility index (Phi) is 5.44. The van der Waals surface area contributed by atoms with E-state index in [0.29, 0.717) is 5.92 Å². The summed E-state index contributed by atoms with van der Waals surface area (Å²) < 4.78 is 3.66. The zero-order valence-corrected chi connectivity index (χ0v) is 16.6. The van der Waals surface area contributed by atoms with Crippen molar-refractivity contribution in [3.05, 3.63) is 54.1 Å². The molecule has 6 heteroatoms. The Morgan fingerprint density at radius 3 is 2.48 bits per heavy atom. The Morgan fingerprint density at radius 2 is 1.81 bits per heavy atom. The quantitative estimate of drug-likeness (QED) is 0.711. The SMILES string of the molecule is Cc1nn(CC(C)C)c(C)c1NC(=O)[C@@H](C)n1cc(-c2ccccc2)cn1. The molecule has 3 rings (SSSR count). The van der Waals surface area contributed by atoms with Crippen LogP contribution in [0, 0.1) is 19.8 Å². The van der Waals surface area contributed by atoms with Gasteiger partial charge in [-0.25, -0.2) is 0 Å². The molecule has 2 heterocycles. The molecule has 1 atom stereocenters. The van der Waals surface area contributed by atoms with E-state index in [2.05, 4.69) is 29.4 Å². The highest BCUT2D eigenvalue weighted by Crippen LogP contribution is 2.23. The number of benzene rings is 1. The highest BCUT2D eigenvalue weighted by molar-refractivity contribution is 5.94. The summed E-state index contributed by atoms with van der Waals surface area (Å²) in [6.45, 7) is 10.9. The molecule has 0 aliphatic rings.